The van der Waals surface area contributed by atoms with Crippen molar-refractivity contribution in [2.75, 3.05) is 0 Å². The number of hydrogen-bond acceptors (Lipinski definition) is 7. The molecule has 132 valence electrons. The number of rotatable bonds is 3. The van der Waals surface area contributed by atoms with Gasteiger partial charge >= 0.3 is 0 Å². The third-order valence-corrected chi connectivity index (χ3v) is 4.20. The average Bonchev–Trinajstić information content (AvgIpc) is 3.22. The molecule has 0 saturated carbocycles. The molecule has 0 bridgehead atoms. The van der Waals surface area contributed by atoms with Gasteiger partial charge in [-0.05, 0) is 36.4 Å². The van der Waals surface area contributed by atoms with Crippen LogP contribution in [0.25, 0.3) is 0 Å². The van der Waals surface area contributed by atoms with E-state index < -0.39 is 5.92 Å². The molecule has 0 spiro atoms. The van der Waals surface area contributed by atoms with E-state index in [4.69, 9.17) is 14.9 Å². The van der Waals surface area contributed by atoms with Crippen LogP contribution in [0.15, 0.2) is 87.0 Å². The summed E-state index contributed by atoms with van der Waals surface area (Å²) < 4.78 is 11.0. The summed E-state index contributed by atoms with van der Waals surface area (Å²) in [4.78, 5) is 0. The molecule has 1 aromatic heterocycles. The van der Waals surface area contributed by atoms with Crippen LogP contribution >= 0.6 is 0 Å². The van der Waals surface area contributed by atoms with Crippen molar-refractivity contribution in [3.63, 3.8) is 0 Å². The van der Waals surface area contributed by atoms with Crippen LogP contribution in [0.1, 0.15) is 17.2 Å². The first kappa shape index (κ1) is 16.4. The zero-order valence-corrected chi connectivity index (χ0v) is 14.0. The van der Waals surface area contributed by atoms with E-state index in [1.54, 1.807) is 36.4 Å². The van der Waals surface area contributed by atoms with Crippen molar-refractivity contribution < 1.29 is 14.3 Å². The number of nitrogens with zero attached hydrogens (tertiary/aromatic N) is 3. The fourth-order valence-corrected chi connectivity index (χ4v) is 2.95. The number of furan rings is 1. The van der Waals surface area contributed by atoms with Gasteiger partial charge in [0.15, 0.2) is 5.75 Å². The highest BCUT2D eigenvalue weighted by molar-refractivity contribution is 5.67. The largest absolute Gasteiger partial charge is 0.505 e. The van der Waals surface area contributed by atoms with E-state index >= 15 is 0 Å². The van der Waals surface area contributed by atoms with Gasteiger partial charge in [0.1, 0.15) is 28.8 Å². The first-order valence-electron chi connectivity index (χ1n) is 8.12. The van der Waals surface area contributed by atoms with Crippen molar-refractivity contribution in [1.29, 1.82) is 5.26 Å². The van der Waals surface area contributed by atoms with Crippen LogP contribution in [0.3, 0.4) is 0 Å². The van der Waals surface area contributed by atoms with Crippen molar-refractivity contribution in [3.8, 4) is 17.6 Å². The number of nitrogens with two attached hydrogens (primary N) is 1. The topological polar surface area (TPSA) is 117 Å². The lowest BCUT2D eigenvalue weighted by Crippen LogP contribution is -2.20. The highest BCUT2D eigenvalue weighted by Crippen LogP contribution is 2.49. The molecule has 1 aliphatic rings. The number of allylic oxidation sites excluding steroid dienone is 1. The summed E-state index contributed by atoms with van der Waals surface area (Å²) in [6.07, 6.45) is 1.49. The fourth-order valence-electron chi connectivity index (χ4n) is 2.95. The third-order valence-electron chi connectivity index (χ3n) is 4.20. The van der Waals surface area contributed by atoms with Gasteiger partial charge in [0.05, 0.1) is 23.4 Å². The molecule has 3 aromatic rings. The molecule has 0 aliphatic carbocycles. The van der Waals surface area contributed by atoms with Gasteiger partial charge in [-0.2, -0.15) is 10.4 Å². The lowest BCUT2D eigenvalue weighted by Gasteiger charge is -2.25. The summed E-state index contributed by atoms with van der Waals surface area (Å²) in [5, 5.41) is 28.6. The van der Waals surface area contributed by atoms with Crippen LogP contribution < -0.4 is 10.5 Å². The van der Waals surface area contributed by atoms with E-state index in [2.05, 4.69) is 10.2 Å². The Hall–Kier alpha value is -4.05. The smallest absolute Gasteiger partial charge is 0.205 e. The number of hydrogen-bond donors (Lipinski definition) is 2. The quantitative estimate of drug-likeness (QED) is 0.663. The predicted molar refractivity (Wildman–Crippen MR) is 96.7 cm³/mol. The molecule has 0 amide bonds. The molecule has 2 aromatic carbocycles. The summed E-state index contributed by atoms with van der Waals surface area (Å²) in [7, 11) is 0. The number of benzene rings is 2. The first-order chi connectivity index (χ1) is 13.2. The zero-order valence-electron chi connectivity index (χ0n) is 14.0. The number of nitriles is 1. The molecule has 1 atom stereocenters. The maximum Gasteiger partial charge on any atom is 0.205 e. The van der Waals surface area contributed by atoms with Crippen molar-refractivity contribution in [1.82, 2.24) is 0 Å². The van der Waals surface area contributed by atoms with Crippen LogP contribution in [-0.2, 0) is 0 Å². The van der Waals surface area contributed by atoms with E-state index in [9.17, 15) is 10.4 Å². The maximum absolute atomic E-state index is 10.8. The van der Waals surface area contributed by atoms with Gasteiger partial charge in [-0.3, -0.25) is 0 Å². The molecule has 1 unspecified atom stereocenters. The van der Waals surface area contributed by atoms with Gasteiger partial charge in [-0.25, -0.2) is 0 Å². The van der Waals surface area contributed by atoms with Crippen molar-refractivity contribution in [2.45, 2.75) is 5.92 Å². The highest BCUT2D eigenvalue weighted by atomic mass is 16.5. The molecular weight excluding hydrogens is 344 g/mol. The molecule has 2 heterocycles. The third kappa shape index (κ3) is 2.89. The Morgan fingerprint density at radius 2 is 1.85 bits per heavy atom. The summed E-state index contributed by atoms with van der Waals surface area (Å²) in [6, 6.07) is 17.8. The lowest BCUT2D eigenvalue weighted by atomic mass is 9.86. The van der Waals surface area contributed by atoms with Gasteiger partial charge in [0, 0.05) is 0 Å². The molecule has 3 N–H and O–H groups in total. The van der Waals surface area contributed by atoms with Crippen LogP contribution in [0.2, 0.25) is 0 Å². The standard InChI is InChI=1S/C20H14N4O3/c21-11-13-17(15-7-4-10-26-15)18-16(27-20(13)22)9-8-14(19(18)25)24-23-12-5-2-1-3-6-12/h1-10,17,25H,22H2. The van der Waals surface area contributed by atoms with Crippen molar-refractivity contribution >= 4 is 11.4 Å². The molecule has 7 heteroatoms. The Balaban J connectivity index is 1.83. The molecule has 27 heavy (non-hydrogen) atoms. The van der Waals surface area contributed by atoms with Crippen molar-refractivity contribution in [3.05, 3.63) is 83.6 Å². The summed E-state index contributed by atoms with van der Waals surface area (Å²) in [5.74, 6) is -0.0607. The normalized spacial score (nSPS) is 16.0. The Kier molecular flexibility index (Phi) is 4.07. The lowest BCUT2D eigenvalue weighted by molar-refractivity contribution is 0.372. The first-order valence-corrected chi connectivity index (χ1v) is 8.12. The summed E-state index contributed by atoms with van der Waals surface area (Å²) in [5.41, 5.74) is 7.31. The van der Waals surface area contributed by atoms with Crippen LogP contribution in [0.4, 0.5) is 11.4 Å². The Labute approximate surface area is 154 Å². The van der Waals surface area contributed by atoms with Crippen LogP contribution in [0.5, 0.6) is 11.5 Å². The Morgan fingerprint density at radius 1 is 1.04 bits per heavy atom. The van der Waals surface area contributed by atoms with Gasteiger partial charge in [0.2, 0.25) is 5.88 Å². The number of azo groups is 1. The number of ether oxygens (including phenoxy) is 1. The van der Waals surface area contributed by atoms with Crippen LogP contribution in [-0.4, -0.2) is 5.11 Å². The number of phenolic OH excluding ortho intramolecular Hbond substituents is 1. The number of aromatic hydroxyl groups is 1. The minimum Gasteiger partial charge on any atom is -0.505 e. The van der Waals surface area contributed by atoms with Gasteiger partial charge in [-0.1, -0.05) is 18.2 Å². The van der Waals surface area contributed by atoms with E-state index in [1.807, 2.05) is 24.3 Å². The zero-order chi connectivity index (χ0) is 18.8. The van der Waals surface area contributed by atoms with Gasteiger partial charge in [-0.15, -0.1) is 5.11 Å². The molecule has 0 saturated heterocycles. The number of fused-ring (bicyclic) bond motifs is 1. The second-order valence-electron chi connectivity index (χ2n) is 5.82. The summed E-state index contributed by atoms with van der Waals surface area (Å²) in [6.45, 7) is 0. The van der Waals surface area contributed by atoms with Gasteiger partial charge < -0.3 is 20.0 Å². The SMILES string of the molecule is N#CC1=C(N)Oc2ccc(N=Nc3ccccc3)c(O)c2C1c1ccco1. The number of phenols is 1. The monoisotopic (exact) mass is 358 g/mol. The maximum atomic E-state index is 10.8. The van der Waals surface area contributed by atoms with E-state index in [1.165, 1.54) is 6.26 Å². The van der Waals surface area contributed by atoms with E-state index in [0.717, 1.165) is 0 Å². The molecule has 7 nitrogen and oxygen atoms in total. The molecule has 0 radical (unpaired) electrons. The van der Waals surface area contributed by atoms with Gasteiger partial charge in [0.25, 0.3) is 0 Å². The summed E-state index contributed by atoms with van der Waals surface area (Å²) >= 11 is 0. The van der Waals surface area contributed by atoms with Crippen molar-refractivity contribution in [2.24, 2.45) is 16.0 Å². The Bertz CT molecular complexity index is 1080. The molecule has 4 rings (SSSR count). The molecule has 0 fully saturated rings. The second kappa shape index (κ2) is 6.69. The molecule has 1 aliphatic heterocycles. The van der Waals surface area contributed by atoms with E-state index in [-0.39, 0.29) is 22.9 Å². The average molecular weight is 358 g/mol. The second-order valence-corrected chi connectivity index (χ2v) is 5.82. The minimum absolute atomic E-state index is 0.0236. The predicted octanol–water partition coefficient (Wildman–Crippen LogP) is 4.62. The van der Waals surface area contributed by atoms with E-state index in [0.29, 0.717) is 22.8 Å². The molecular formula is C20H14N4O3. The fraction of sp³-hybridized carbons (Fsp3) is 0.0500. The van der Waals surface area contributed by atoms with Crippen LogP contribution in [0, 0.1) is 11.3 Å². The minimum atomic E-state index is -0.694. The highest BCUT2D eigenvalue weighted by Gasteiger charge is 2.35. The Morgan fingerprint density at radius 3 is 2.56 bits per heavy atom.